The van der Waals surface area contributed by atoms with Crippen molar-refractivity contribution in [3.05, 3.63) is 248 Å². The van der Waals surface area contributed by atoms with Gasteiger partial charge in [-0.05, 0) is 101 Å². The second-order valence-electron chi connectivity index (χ2n) is 17.6. The summed E-state index contributed by atoms with van der Waals surface area (Å²) in [6.07, 6.45) is 6.73. The van der Waals surface area contributed by atoms with E-state index in [-0.39, 0.29) is 0 Å². The third kappa shape index (κ3) is 6.77. The van der Waals surface area contributed by atoms with Crippen molar-refractivity contribution in [1.82, 2.24) is 19.1 Å². The highest BCUT2D eigenvalue weighted by Gasteiger charge is 2.22. The maximum Gasteiger partial charge on any atom is 0.160 e. The predicted octanol–water partition coefficient (Wildman–Crippen LogP) is 16.5. The van der Waals surface area contributed by atoms with Gasteiger partial charge in [-0.3, -0.25) is 0 Å². The molecule has 9 aromatic carbocycles. The number of rotatable bonds is 8. The van der Waals surface area contributed by atoms with Gasteiger partial charge in [-0.15, -0.1) is 0 Å². The number of fused-ring (bicyclic) bond motifs is 6. The lowest BCUT2D eigenvalue weighted by Gasteiger charge is -2.13. The minimum atomic E-state index is 0.689. The second-order valence-corrected chi connectivity index (χ2v) is 17.6. The second kappa shape index (κ2) is 16.5. The zero-order valence-corrected chi connectivity index (χ0v) is 37.3. The molecule has 0 aliphatic heterocycles. The Balaban J connectivity index is 0.902. The maximum absolute atomic E-state index is 5.25. The molecule has 0 saturated heterocycles. The molecular weight excluding hydrogens is 825 g/mol. The summed E-state index contributed by atoms with van der Waals surface area (Å²) in [5.74, 6) is 0.689. The summed E-state index contributed by atoms with van der Waals surface area (Å²) < 4.78 is 4.89. The van der Waals surface area contributed by atoms with Crippen LogP contribution < -0.4 is 0 Å². The van der Waals surface area contributed by atoms with Crippen LogP contribution in [0.25, 0.3) is 117 Å². The van der Waals surface area contributed by atoms with E-state index in [2.05, 4.69) is 246 Å². The van der Waals surface area contributed by atoms with Gasteiger partial charge in [0.1, 0.15) is 0 Å². The van der Waals surface area contributed by atoms with Crippen LogP contribution in [-0.4, -0.2) is 19.1 Å². The molecule has 3 aromatic heterocycles. The van der Waals surface area contributed by atoms with Gasteiger partial charge >= 0.3 is 0 Å². The van der Waals surface area contributed by atoms with Crippen LogP contribution in [0.1, 0.15) is 17.7 Å². The Morgan fingerprint density at radius 1 is 0.353 bits per heavy atom. The molecule has 0 atom stereocenters. The van der Waals surface area contributed by atoms with Crippen molar-refractivity contribution < 1.29 is 0 Å². The van der Waals surface area contributed by atoms with Crippen molar-refractivity contribution in [3.63, 3.8) is 0 Å². The molecule has 1 aliphatic carbocycles. The monoisotopic (exact) mass is 868 g/mol. The van der Waals surface area contributed by atoms with Crippen molar-refractivity contribution in [2.75, 3.05) is 0 Å². The maximum atomic E-state index is 5.25. The number of para-hydroxylation sites is 2. The fraction of sp³-hybridized carbons (Fsp3) is 0.0312. The van der Waals surface area contributed by atoms with Crippen molar-refractivity contribution in [2.45, 2.75) is 12.8 Å². The zero-order chi connectivity index (χ0) is 45.0. The molecule has 0 fully saturated rings. The molecule has 0 amide bonds. The molecule has 0 radical (unpaired) electrons. The number of benzene rings is 9. The summed E-state index contributed by atoms with van der Waals surface area (Å²) in [4.78, 5) is 10.5. The first-order chi connectivity index (χ1) is 33.7. The highest BCUT2D eigenvalue weighted by Crippen LogP contribution is 2.42. The smallest absolute Gasteiger partial charge is 0.160 e. The van der Waals surface area contributed by atoms with Crippen molar-refractivity contribution in [2.24, 2.45) is 0 Å². The number of hydrogen-bond donors (Lipinski definition) is 0. The first kappa shape index (κ1) is 39.5. The van der Waals surface area contributed by atoms with Crippen molar-refractivity contribution in [1.29, 1.82) is 0 Å². The van der Waals surface area contributed by atoms with Gasteiger partial charge < -0.3 is 9.13 Å². The fourth-order valence-corrected chi connectivity index (χ4v) is 10.5. The van der Waals surface area contributed by atoms with Crippen LogP contribution in [0.3, 0.4) is 0 Å². The largest absolute Gasteiger partial charge is 0.313 e. The van der Waals surface area contributed by atoms with E-state index in [1.807, 2.05) is 6.07 Å². The van der Waals surface area contributed by atoms with Crippen LogP contribution in [0.2, 0.25) is 0 Å². The minimum Gasteiger partial charge on any atom is -0.313 e. The van der Waals surface area contributed by atoms with Crippen molar-refractivity contribution >= 4 is 38.8 Å². The van der Waals surface area contributed by atoms with Gasteiger partial charge in [-0.2, -0.15) is 0 Å². The van der Waals surface area contributed by atoms with Crippen LogP contribution in [0.4, 0.5) is 0 Å². The summed E-state index contributed by atoms with van der Waals surface area (Å²) in [5, 5.41) is 3.74. The van der Waals surface area contributed by atoms with Gasteiger partial charge in [-0.25, -0.2) is 9.97 Å². The lowest BCUT2D eigenvalue weighted by atomic mass is 9.95. The van der Waals surface area contributed by atoms with Crippen molar-refractivity contribution in [3.8, 4) is 78.7 Å². The normalized spacial score (nSPS) is 12.2. The molecule has 320 valence electrons. The predicted molar refractivity (Wildman–Crippen MR) is 283 cm³/mol. The molecular formula is C64H44N4. The van der Waals surface area contributed by atoms with Crippen LogP contribution in [0, 0.1) is 0 Å². The van der Waals surface area contributed by atoms with Gasteiger partial charge in [0.15, 0.2) is 5.82 Å². The van der Waals surface area contributed by atoms with Crippen LogP contribution in [0.5, 0.6) is 0 Å². The van der Waals surface area contributed by atoms with E-state index >= 15 is 0 Å². The highest BCUT2D eigenvalue weighted by atomic mass is 15.0. The zero-order valence-electron chi connectivity index (χ0n) is 37.3. The molecule has 3 heterocycles. The summed E-state index contributed by atoms with van der Waals surface area (Å²) >= 11 is 0. The van der Waals surface area contributed by atoms with Gasteiger partial charge in [-0.1, -0.05) is 188 Å². The average Bonchev–Trinajstić information content (AvgIpc) is 3.95. The van der Waals surface area contributed by atoms with E-state index in [1.165, 1.54) is 72.0 Å². The van der Waals surface area contributed by atoms with Crippen LogP contribution in [0.15, 0.2) is 237 Å². The Morgan fingerprint density at radius 3 is 1.60 bits per heavy atom. The number of aromatic nitrogens is 4. The molecule has 1 aliphatic rings. The lowest BCUT2D eigenvalue weighted by Crippen LogP contribution is -2.02. The third-order valence-corrected chi connectivity index (χ3v) is 13.6. The van der Waals surface area contributed by atoms with E-state index < -0.39 is 0 Å². The molecule has 4 heteroatoms. The first-order valence-electron chi connectivity index (χ1n) is 23.5. The Hall–Kier alpha value is -8.86. The average molecular weight is 869 g/mol. The van der Waals surface area contributed by atoms with Gasteiger partial charge in [0, 0.05) is 55.5 Å². The molecule has 0 spiro atoms. The molecule has 4 nitrogen and oxygen atoms in total. The molecule has 0 N–H and O–H groups in total. The van der Waals surface area contributed by atoms with Gasteiger partial charge in [0.25, 0.3) is 0 Å². The number of hydrogen-bond acceptors (Lipinski definition) is 2. The SMILES string of the molecule is C1=Cc2c(n(-c3ccccc3)c3cccc(-c4ccc(-n5c6ccccc6c6c(-c7cccc(-c8nc(-c9ccccc9)cc(-c9ccc(-c%10ccccc%10)cc9)n8)c7)cccc65)cc4)c23)CC1. The summed E-state index contributed by atoms with van der Waals surface area (Å²) in [5.41, 5.74) is 20.5. The summed E-state index contributed by atoms with van der Waals surface area (Å²) in [6, 6.07) is 82.6. The molecule has 0 bridgehead atoms. The number of allylic oxidation sites excluding steroid dienone is 1. The summed E-state index contributed by atoms with van der Waals surface area (Å²) in [7, 11) is 0. The quantitative estimate of drug-likeness (QED) is 0.153. The van der Waals surface area contributed by atoms with Gasteiger partial charge in [0.05, 0.1) is 27.9 Å². The van der Waals surface area contributed by atoms with E-state index in [0.717, 1.165) is 57.7 Å². The fourth-order valence-electron chi connectivity index (χ4n) is 10.5. The van der Waals surface area contributed by atoms with E-state index in [9.17, 15) is 0 Å². The molecule has 68 heavy (non-hydrogen) atoms. The first-order valence-corrected chi connectivity index (χ1v) is 23.5. The van der Waals surface area contributed by atoms with Crippen LogP contribution in [-0.2, 0) is 6.42 Å². The molecule has 12 aromatic rings. The minimum absolute atomic E-state index is 0.689. The molecule has 13 rings (SSSR count). The standard InChI is InChI=1S/C64H44N4/c1-4-17-43(18-5-1)44-33-35-47(36-34-44)57-42-56(46-19-6-2-7-20-46)65-64(66-57)49-22-14-21-48(41-49)53-28-16-32-61-63(53)55-26-11-13-30-59(55)68(61)51-39-37-45(38-40-51)52-27-15-31-60-62(52)54-25-10-12-29-58(54)67(60)50-23-8-3-9-24-50/h1-11,13-28,30-42H,12,29H2. The third-order valence-electron chi connectivity index (χ3n) is 13.6. The van der Waals surface area contributed by atoms with E-state index in [1.54, 1.807) is 0 Å². The Morgan fingerprint density at radius 2 is 0.868 bits per heavy atom. The molecule has 0 unspecified atom stereocenters. The summed E-state index contributed by atoms with van der Waals surface area (Å²) in [6.45, 7) is 0. The van der Waals surface area contributed by atoms with Gasteiger partial charge in [0.2, 0.25) is 0 Å². The van der Waals surface area contributed by atoms with E-state index in [4.69, 9.17) is 9.97 Å². The lowest BCUT2D eigenvalue weighted by molar-refractivity contribution is 0.888. The van der Waals surface area contributed by atoms with Crippen LogP contribution >= 0.6 is 0 Å². The Labute approximate surface area is 395 Å². The Kier molecular flexibility index (Phi) is 9.61. The highest BCUT2D eigenvalue weighted by molar-refractivity contribution is 6.16. The molecule has 0 saturated carbocycles. The van der Waals surface area contributed by atoms with E-state index in [0.29, 0.717) is 5.82 Å². The number of nitrogens with zero attached hydrogens (tertiary/aromatic N) is 4. The topological polar surface area (TPSA) is 35.6 Å². The Bertz CT molecular complexity index is 3860.